The molecular weight excluding hydrogens is 524 g/mol. The summed E-state index contributed by atoms with van der Waals surface area (Å²) < 4.78 is 22.0. The van der Waals surface area contributed by atoms with Crippen LogP contribution in [-0.2, 0) is 33.4 Å². The van der Waals surface area contributed by atoms with E-state index in [4.69, 9.17) is 18.6 Å². The normalized spacial score (nSPS) is 47.5. The van der Waals surface area contributed by atoms with Crippen molar-refractivity contribution in [3.63, 3.8) is 0 Å². The van der Waals surface area contributed by atoms with Crippen molar-refractivity contribution in [2.45, 2.75) is 76.5 Å². The van der Waals surface area contributed by atoms with Gasteiger partial charge in [-0.05, 0) is 24.5 Å². The van der Waals surface area contributed by atoms with Gasteiger partial charge in [0.05, 0.1) is 31.2 Å². The maximum atomic E-state index is 14.0. The SMILES string of the molecule is COC(=O)[C@H](O)[C@@H]1[C@@]2(C)[C@H]3CC[C@]4(C)C(=CC(=O)O[C@H]4c4ccoc4)[C@]3(O)[C@H]3[C@H](O)C(=O)[C@]1(C)C[C@]32OC(C)=O. The number of aliphatic hydroxyl groups excluding tert-OH is 2. The number of hydrogen-bond donors (Lipinski definition) is 3. The van der Waals surface area contributed by atoms with Crippen LogP contribution in [0.4, 0.5) is 0 Å². The fourth-order valence-corrected chi connectivity index (χ4v) is 10.1. The van der Waals surface area contributed by atoms with Gasteiger partial charge in [-0.25, -0.2) is 9.59 Å². The molecular formula is C29H34O11. The Kier molecular flexibility index (Phi) is 5.46. The fraction of sp³-hybridized carbons (Fsp3) is 0.655. The largest absolute Gasteiger partial charge is 0.472 e. The van der Waals surface area contributed by atoms with Crippen molar-refractivity contribution in [3.05, 3.63) is 35.8 Å². The molecule has 1 aromatic heterocycles. The van der Waals surface area contributed by atoms with Crippen molar-refractivity contribution in [1.82, 2.24) is 0 Å². The second kappa shape index (κ2) is 8.04. The summed E-state index contributed by atoms with van der Waals surface area (Å²) in [6, 6.07) is 1.67. The number of cyclic esters (lactones) is 1. The summed E-state index contributed by atoms with van der Waals surface area (Å²) >= 11 is 0. The predicted molar refractivity (Wildman–Crippen MR) is 133 cm³/mol. The van der Waals surface area contributed by atoms with Crippen LogP contribution in [0, 0.1) is 34.0 Å². The van der Waals surface area contributed by atoms with Crippen molar-refractivity contribution in [2.24, 2.45) is 34.0 Å². The molecule has 1 aromatic rings. The van der Waals surface area contributed by atoms with Crippen molar-refractivity contribution < 1.29 is 53.1 Å². The Bertz CT molecular complexity index is 1350. The topological polar surface area (TPSA) is 170 Å². The summed E-state index contributed by atoms with van der Waals surface area (Å²) in [5.41, 5.74) is -6.70. The van der Waals surface area contributed by atoms with Gasteiger partial charge < -0.3 is 33.9 Å². The summed E-state index contributed by atoms with van der Waals surface area (Å²) in [5.74, 6) is -6.46. The van der Waals surface area contributed by atoms with E-state index in [1.54, 1.807) is 19.9 Å². The van der Waals surface area contributed by atoms with Crippen LogP contribution in [0.25, 0.3) is 0 Å². The van der Waals surface area contributed by atoms with Gasteiger partial charge in [-0.1, -0.05) is 20.8 Å². The molecule has 216 valence electrons. The van der Waals surface area contributed by atoms with Crippen LogP contribution in [0.5, 0.6) is 0 Å². The van der Waals surface area contributed by atoms with Crippen molar-refractivity contribution in [3.8, 4) is 0 Å². The van der Waals surface area contributed by atoms with Gasteiger partial charge in [0.1, 0.15) is 17.8 Å². The van der Waals surface area contributed by atoms with E-state index in [-0.39, 0.29) is 18.4 Å². The lowest BCUT2D eigenvalue weighted by molar-refractivity contribution is -0.200. The van der Waals surface area contributed by atoms with E-state index in [1.165, 1.54) is 25.5 Å². The van der Waals surface area contributed by atoms with Gasteiger partial charge in [-0.3, -0.25) is 9.59 Å². The molecule has 11 nitrogen and oxygen atoms in total. The van der Waals surface area contributed by atoms with Gasteiger partial charge in [0.2, 0.25) is 0 Å². The molecule has 5 aliphatic rings. The summed E-state index contributed by atoms with van der Waals surface area (Å²) in [5, 5.41) is 36.1. The molecule has 2 bridgehead atoms. The lowest BCUT2D eigenvalue weighted by Gasteiger charge is -2.58. The number of ketones is 1. The number of fused-ring (bicyclic) bond motifs is 6. The smallest absolute Gasteiger partial charge is 0.335 e. The van der Waals surface area contributed by atoms with E-state index in [0.717, 1.165) is 7.11 Å². The first-order valence-corrected chi connectivity index (χ1v) is 13.5. The molecule has 40 heavy (non-hydrogen) atoms. The Morgan fingerprint density at radius 2 is 1.88 bits per heavy atom. The van der Waals surface area contributed by atoms with E-state index < -0.39 is 87.2 Å². The summed E-state index contributed by atoms with van der Waals surface area (Å²) in [6.45, 7) is 6.30. The van der Waals surface area contributed by atoms with Gasteiger partial charge in [-0.2, -0.15) is 0 Å². The number of carbonyl (C=O) groups is 4. The Labute approximate surface area is 230 Å². The minimum absolute atomic E-state index is 0.131. The fourth-order valence-electron chi connectivity index (χ4n) is 10.1. The Morgan fingerprint density at radius 1 is 1.18 bits per heavy atom. The number of hydrogen-bond acceptors (Lipinski definition) is 11. The molecule has 11 atom stereocenters. The third-order valence-corrected chi connectivity index (χ3v) is 11.3. The zero-order valence-electron chi connectivity index (χ0n) is 23.0. The number of furan rings is 1. The van der Waals surface area contributed by atoms with Crippen LogP contribution in [0.3, 0.4) is 0 Å². The summed E-state index contributed by atoms with van der Waals surface area (Å²) in [7, 11) is 1.12. The average molecular weight is 559 g/mol. The lowest BCUT2D eigenvalue weighted by Crippen LogP contribution is -2.66. The summed E-state index contributed by atoms with van der Waals surface area (Å²) in [4.78, 5) is 52.5. The number of rotatable bonds is 4. The number of esters is 3. The van der Waals surface area contributed by atoms with Gasteiger partial charge in [0.15, 0.2) is 11.9 Å². The van der Waals surface area contributed by atoms with E-state index in [0.29, 0.717) is 12.0 Å². The highest BCUT2D eigenvalue weighted by Gasteiger charge is 2.90. The molecule has 1 aliphatic heterocycles. The first-order chi connectivity index (χ1) is 18.6. The highest BCUT2D eigenvalue weighted by atomic mass is 16.6. The third-order valence-electron chi connectivity index (χ3n) is 11.3. The summed E-state index contributed by atoms with van der Waals surface area (Å²) in [6.07, 6.45) is 0.204. The Hall–Kier alpha value is -3.02. The molecule has 3 N–H and O–H groups in total. The number of aliphatic hydroxyl groups is 3. The maximum absolute atomic E-state index is 14.0. The molecule has 6 rings (SSSR count). The minimum atomic E-state index is -2.04. The molecule has 11 heteroatoms. The quantitative estimate of drug-likeness (QED) is 0.360. The Morgan fingerprint density at radius 3 is 2.48 bits per heavy atom. The molecule has 0 amide bonds. The highest BCUT2D eigenvalue weighted by molar-refractivity contribution is 5.94. The monoisotopic (exact) mass is 558 g/mol. The molecule has 0 saturated heterocycles. The molecule has 0 spiro atoms. The number of ether oxygens (including phenoxy) is 3. The minimum Gasteiger partial charge on any atom is -0.472 e. The van der Waals surface area contributed by atoms with Gasteiger partial charge in [0.25, 0.3) is 0 Å². The molecule has 0 aromatic carbocycles. The second-order valence-electron chi connectivity index (χ2n) is 12.9. The predicted octanol–water partition coefficient (Wildman–Crippen LogP) is 1.39. The average Bonchev–Trinajstić information content (AvgIpc) is 3.50. The van der Waals surface area contributed by atoms with Crippen LogP contribution in [0.2, 0.25) is 0 Å². The molecule has 0 radical (unpaired) electrons. The molecule has 4 fully saturated rings. The van der Waals surface area contributed by atoms with Crippen LogP contribution >= 0.6 is 0 Å². The Balaban J connectivity index is 1.64. The van der Waals surface area contributed by atoms with Gasteiger partial charge in [0, 0.05) is 53.1 Å². The zero-order chi connectivity index (χ0) is 29.2. The maximum Gasteiger partial charge on any atom is 0.335 e. The first-order valence-electron chi connectivity index (χ1n) is 13.5. The van der Waals surface area contributed by atoms with Crippen LogP contribution in [0.1, 0.15) is 58.6 Å². The molecule has 0 unspecified atom stereocenters. The van der Waals surface area contributed by atoms with Crippen LogP contribution < -0.4 is 0 Å². The first kappa shape index (κ1) is 27.2. The van der Waals surface area contributed by atoms with E-state index in [1.807, 2.05) is 6.92 Å². The van der Waals surface area contributed by atoms with Crippen molar-refractivity contribution in [2.75, 3.05) is 7.11 Å². The van der Waals surface area contributed by atoms with Crippen molar-refractivity contribution >= 4 is 23.7 Å². The zero-order valence-corrected chi connectivity index (χ0v) is 23.0. The van der Waals surface area contributed by atoms with E-state index >= 15 is 0 Å². The van der Waals surface area contributed by atoms with Crippen LogP contribution in [0.15, 0.2) is 34.7 Å². The number of carbonyl (C=O) groups excluding carboxylic acids is 4. The van der Waals surface area contributed by atoms with Crippen LogP contribution in [-0.4, -0.2) is 69.5 Å². The number of methoxy groups -OCH3 is 1. The van der Waals surface area contributed by atoms with E-state index in [9.17, 15) is 34.5 Å². The third kappa shape index (κ3) is 2.81. The standard InChI is InChI=1S/C29H34O11/c1-13(30)40-28-12-26(3)20(19(33)24(35)37-5)27(28,4)15-6-8-25(2)16(29(15,36)21(28)18(32)22(26)34)10-17(31)39-23(25)14-7-9-38-11-14/h7,9-11,15,18-21,23,32-33,36H,6,8,12H2,1-5H3/t15-,18+,19-,20+,21+,23+,25-,26-,27-,28+,29+/m1/s1. The molecule has 4 saturated carbocycles. The second-order valence-corrected chi connectivity index (χ2v) is 12.9. The number of Topliss-reactive ketones (excluding diaryl/α,β-unsaturated/α-hetero) is 1. The van der Waals surface area contributed by atoms with Gasteiger partial charge >= 0.3 is 17.9 Å². The highest BCUT2D eigenvalue weighted by Crippen LogP contribution is 2.82. The van der Waals surface area contributed by atoms with Crippen molar-refractivity contribution in [1.29, 1.82) is 0 Å². The van der Waals surface area contributed by atoms with Gasteiger partial charge in [-0.15, -0.1) is 0 Å². The molecule has 2 heterocycles. The molecule has 4 aliphatic carbocycles. The van der Waals surface area contributed by atoms with E-state index in [2.05, 4.69) is 0 Å². The lowest BCUT2D eigenvalue weighted by atomic mass is 9.49.